The summed E-state index contributed by atoms with van der Waals surface area (Å²) in [6.45, 7) is 1.71. The van der Waals surface area contributed by atoms with Crippen molar-refractivity contribution in [3.63, 3.8) is 0 Å². The zero-order valence-corrected chi connectivity index (χ0v) is 18.6. The zero-order valence-electron chi connectivity index (χ0n) is 18.6. The normalized spacial score (nSPS) is 15.2. The smallest absolute Gasteiger partial charge is 0.304 e. The molecule has 0 amide bonds. The molecule has 1 unspecified atom stereocenters. The average molecular weight is 445 g/mol. The minimum Gasteiger partial charge on any atom is -0.497 e. The topological polar surface area (TPSA) is 55.8 Å². The van der Waals surface area contributed by atoms with Crippen LogP contribution in [0.1, 0.15) is 48.5 Å². The molecule has 2 atom stereocenters. The van der Waals surface area contributed by atoms with E-state index in [0.717, 1.165) is 40.8 Å². The third-order valence-electron chi connectivity index (χ3n) is 5.91. The van der Waals surface area contributed by atoms with Gasteiger partial charge in [-0.15, -0.1) is 5.92 Å². The molecule has 5 heteroatoms. The number of aliphatic carboxylic acids is 1. The van der Waals surface area contributed by atoms with Crippen LogP contribution in [0.2, 0.25) is 0 Å². The second kappa shape index (κ2) is 9.79. The van der Waals surface area contributed by atoms with Gasteiger partial charge in [0.2, 0.25) is 0 Å². The van der Waals surface area contributed by atoms with Crippen LogP contribution in [0.3, 0.4) is 0 Å². The largest absolute Gasteiger partial charge is 0.497 e. The molecular weight excluding hydrogens is 419 g/mol. The number of halogens is 1. The van der Waals surface area contributed by atoms with Crippen LogP contribution >= 0.6 is 0 Å². The van der Waals surface area contributed by atoms with E-state index in [4.69, 9.17) is 14.6 Å². The Hall–Kier alpha value is -3.78. The zero-order chi connectivity index (χ0) is 23.4. The molecule has 0 fully saturated rings. The molecule has 4 nitrogen and oxygen atoms in total. The van der Waals surface area contributed by atoms with Crippen molar-refractivity contribution in [3.05, 3.63) is 83.2 Å². The Kier molecular flexibility index (Phi) is 6.65. The summed E-state index contributed by atoms with van der Waals surface area (Å²) >= 11 is 0. The highest BCUT2D eigenvalue weighted by Crippen LogP contribution is 2.38. The van der Waals surface area contributed by atoms with Gasteiger partial charge >= 0.3 is 5.97 Å². The molecule has 0 aromatic heterocycles. The lowest BCUT2D eigenvalue weighted by molar-refractivity contribution is -0.137. The summed E-state index contributed by atoms with van der Waals surface area (Å²) in [5, 5.41) is 9.12. The predicted octanol–water partition coefficient (Wildman–Crippen LogP) is 6.15. The quantitative estimate of drug-likeness (QED) is 0.444. The van der Waals surface area contributed by atoms with E-state index >= 15 is 0 Å². The molecule has 4 rings (SSSR count). The molecule has 0 saturated carbocycles. The second-order valence-corrected chi connectivity index (χ2v) is 8.02. The van der Waals surface area contributed by atoms with Crippen molar-refractivity contribution in [1.29, 1.82) is 0 Å². The summed E-state index contributed by atoms with van der Waals surface area (Å²) in [6, 6.07) is 18.2. The highest BCUT2D eigenvalue weighted by atomic mass is 19.1. The van der Waals surface area contributed by atoms with Crippen LogP contribution in [0.4, 0.5) is 4.39 Å². The molecule has 33 heavy (non-hydrogen) atoms. The number of carboxylic acid groups (broad SMARTS) is 1. The number of carboxylic acids is 1. The molecule has 0 heterocycles. The standard InChI is InChI=1S/C28H25FO4/c1-3-4-19(16-28(30)31)18-5-9-22(10-6-18)33-27-14-8-20-15-21(7-12-24(20)27)25-17-23(32-2)11-13-26(25)29/h5-7,9-13,15,17,19,27H,8,14,16H2,1-2H3,(H,30,31)/t19-,27?/m0/s1. The minimum atomic E-state index is -0.876. The fraction of sp³-hybridized carbons (Fsp3) is 0.250. The van der Waals surface area contributed by atoms with Gasteiger partial charge < -0.3 is 14.6 Å². The van der Waals surface area contributed by atoms with E-state index < -0.39 is 5.97 Å². The minimum absolute atomic E-state index is 0.0345. The molecule has 1 aliphatic carbocycles. The van der Waals surface area contributed by atoms with Crippen molar-refractivity contribution >= 4 is 5.97 Å². The van der Waals surface area contributed by atoms with Crippen LogP contribution in [0.15, 0.2) is 60.7 Å². The molecule has 1 aliphatic rings. The van der Waals surface area contributed by atoms with Crippen LogP contribution in [-0.4, -0.2) is 18.2 Å². The maximum absolute atomic E-state index is 14.4. The summed E-state index contributed by atoms with van der Waals surface area (Å²) in [6.07, 6.45) is 1.57. The van der Waals surface area contributed by atoms with E-state index in [-0.39, 0.29) is 24.3 Å². The van der Waals surface area contributed by atoms with Gasteiger partial charge in [0.25, 0.3) is 0 Å². The SMILES string of the molecule is CC#C[C@@H](CC(=O)O)c1ccc(OC2CCc3cc(-c4cc(OC)ccc4F)ccc32)cc1. The predicted molar refractivity (Wildman–Crippen MR) is 125 cm³/mol. The van der Waals surface area contributed by atoms with E-state index in [9.17, 15) is 9.18 Å². The maximum Gasteiger partial charge on any atom is 0.304 e. The summed E-state index contributed by atoms with van der Waals surface area (Å²) in [7, 11) is 1.57. The van der Waals surface area contributed by atoms with Gasteiger partial charge in [0.1, 0.15) is 23.4 Å². The molecule has 3 aromatic carbocycles. The first-order valence-electron chi connectivity index (χ1n) is 10.9. The first-order chi connectivity index (χ1) is 16.0. The average Bonchev–Trinajstić information content (AvgIpc) is 3.21. The molecule has 0 bridgehead atoms. The van der Waals surface area contributed by atoms with Gasteiger partial charge in [0.15, 0.2) is 0 Å². The number of carbonyl (C=O) groups is 1. The Morgan fingerprint density at radius 1 is 1.12 bits per heavy atom. The first kappa shape index (κ1) is 22.4. The van der Waals surface area contributed by atoms with Gasteiger partial charge in [-0.05, 0) is 72.4 Å². The van der Waals surface area contributed by atoms with E-state index in [1.54, 1.807) is 26.2 Å². The molecule has 0 saturated heterocycles. The maximum atomic E-state index is 14.4. The first-order valence-corrected chi connectivity index (χ1v) is 10.9. The summed E-state index contributed by atoms with van der Waals surface area (Å²) < 4.78 is 25.9. The van der Waals surface area contributed by atoms with E-state index in [1.165, 1.54) is 6.07 Å². The number of hydrogen-bond donors (Lipinski definition) is 1. The van der Waals surface area contributed by atoms with Gasteiger partial charge in [0, 0.05) is 5.56 Å². The number of hydrogen-bond acceptors (Lipinski definition) is 3. The van der Waals surface area contributed by atoms with Gasteiger partial charge in [-0.3, -0.25) is 4.79 Å². The molecule has 0 spiro atoms. The summed E-state index contributed by atoms with van der Waals surface area (Å²) in [5.41, 5.74) is 4.44. The Morgan fingerprint density at radius 3 is 2.58 bits per heavy atom. The summed E-state index contributed by atoms with van der Waals surface area (Å²) in [4.78, 5) is 11.1. The lowest BCUT2D eigenvalue weighted by atomic mass is 9.96. The van der Waals surface area contributed by atoms with Crippen LogP contribution < -0.4 is 9.47 Å². The lowest BCUT2D eigenvalue weighted by Crippen LogP contribution is -2.06. The van der Waals surface area contributed by atoms with Crippen LogP contribution in [0.5, 0.6) is 11.5 Å². The van der Waals surface area contributed by atoms with Crippen molar-refractivity contribution in [1.82, 2.24) is 0 Å². The molecule has 0 radical (unpaired) electrons. The fourth-order valence-electron chi connectivity index (χ4n) is 4.27. The van der Waals surface area contributed by atoms with Crippen molar-refractivity contribution in [2.75, 3.05) is 7.11 Å². The molecule has 3 aromatic rings. The van der Waals surface area contributed by atoms with Crippen molar-refractivity contribution in [3.8, 4) is 34.5 Å². The third kappa shape index (κ3) is 5.01. The molecule has 168 valence electrons. The highest BCUT2D eigenvalue weighted by Gasteiger charge is 2.25. The van der Waals surface area contributed by atoms with Crippen LogP contribution in [-0.2, 0) is 11.2 Å². The van der Waals surface area contributed by atoms with E-state index in [0.29, 0.717) is 11.3 Å². The van der Waals surface area contributed by atoms with Gasteiger partial charge in [-0.25, -0.2) is 4.39 Å². The van der Waals surface area contributed by atoms with Gasteiger partial charge in [-0.1, -0.05) is 36.3 Å². The molecular formula is C28H25FO4. The molecule has 0 aliphatic heterocycles. The van der Waals surface area contributed by atoms with E-state index in [1.807, 2.05) is 42.5 Å². The number of rotatable bonds is 7. The lowest BCUT2D eigenvalue weighted by Gasteiger charge is -2.16. The Bertz CT molecular complexity index is 1220. The van der Waals surface area contributed by atoms with Crippen molar-refractivity contribution < 1.29 is 23.8 Å². The van der Waals surface area contributed by atoms with Crippen LogP contribution in [0, 0.1) is 17.7 Å². The number of methoxy groups -OCH3 is 1. The molecule has 1 N–H and O–H groups in total. The Labute approximate surface area is 193 Å². The van der Waals surface area contributed by atoms with Crippen molar-refractivity contribution in [2.45, 2.75) is 38.2 Å². The van der Waals surface area contributed by atoms with Crippen LogP contribution in [0.25, 0.3) is 11.1 Å². The van der Waals surface area contributed by atoms with Gasteiger partial charge in [-0.2, -0.15) is 0 Å². The third-order valence-corrected chi connectivity index (χ3v) is 5.91. The summed E-state index contributed by atoms with van der Waals surface area (Å²) in [5.74, 6) is 5.60. The number of ether oxygens (including phenoxy) is 2. The highest BCUT2D eigenvalue weighted by molar-refractivity contribution is 5.69. The number of aryl methyl sites for hydroxylation is 1. The monoisotopic (exact) mass is 444 g/mol. The number of benzene rings is 3. The second-order valence-electron chi connectivity index (χ2n) is 8.02. The van der Waals surface area contributed by atoms with E-state index in [2.05, 4.69) is 11.8 Å². The number of fused-ring (bicyclic) bond motifs is 1. The fourth-order valence-corrected chi connectivity index (χ4v) is 4.27. The Balaban J connectivity index is 1.51. The van der Waals surface area contributed by atoms with Gasteiger partial charge in [0.05, 0.1) is 19.4 Å². The van der Waals surface area contributed by atoms with Crippen molar-refractivity contribution in [2.24, 2.45) is 0 Å². The Morgan fingerprint density at radius 2 is 1.88 bits per heavy atom.